The Balaban J connectivity index is 2.32. The second kappa shape index (κ2) is 6.19. The van der Waals surface area contributed by atoms with Crippen molar-refractivity contribution in [1.29, 1.82) is 0 Å². The molecule has 2 rings (SSSR count). The fraction of sp³-hybridized carbons (Fsp3) is 0.286. The third kappa shape index (κ3) is 3.37. The number of carboxylic acid groups (broad SMARTS) is 1. The van der Waals surface area contributed by atoms with Crippen molar-refractivity contribution in [2.24, 2.45) is 5.92 Å². The van der Waals surface area contributed by atoms with Crippen LogP contribution in [0.4, 0.5) is 0 Å². The Bertz CT molecular complexity index is 753. The summed E-state index contributed by atoms with van der Waals surface area (Å²) in [5.41, 5.74) is 0.575. The van der Waals surface area contributed by atoms with Crippen molar-refractivity contribution in [3.8, 4) is 0 Å². The lowest BCUT2D eigenvalue weighted by Gasteiger charge is -2.12. The number of nitrogens with one attached hydrogen (secondary N) is 1. The van der Waals surface area contributed by atoms with Crippen LogP contribution in [0.1, 0.15) is 13.3 Å². The second-order valence-electron chi connectivity index (χ2n) is 4.62. The first kappa shape index (κ1) is 15.4. The summed E-state index contributed by atoms with van der Waals surface area (Å²) in [7, 11) is -3.78. The summed E-state index contributed by atoms with van der Waals surface area (Å²) in [5, 5.41) is 9.48. The summed E-state index contributed by atoms with van der Waals surface area (Å²) in [6.45, 7) is 1.57. The molecule has 21 heavy (non-hydrogen) atoms. The van der Waals surface area contributed by atoms with Crippen molar-refractivity contribution in [3.63, 3.8) is 0 Å². The number of aliphatic carboxylic acids is 1. The molecule has 1 unspecified atom stereocenters. The van der Waals surface area contributed by atoms with Gasteiger partial charge in [0.05, 0.1) is 16.3 Å². The summed E-state index contributed by atoms with van der Waals surface area (Å²) in [5.74, 6) is -1.76. The minimum Gasteiger partial charge on any atom is -0.481 e. The SMILES string of the molecule is CCC(CNS(=O)(=O)c1cccc2ncccc12)C(=O)O. The van der Waals surface area contributed by atoms with E-state index in [1.807, 2.05) is 0 Å². The molecule has 0 saturated carbocycles. The van der Waals surface area contributed by atoms with Gasteiger partial charge in [-0.1, -0.05) is 13.0 Å². The second-order valence-corrected chi connectivity index (χ2v) is 6.36. The molecular weight excluding hydrogens is 292 g/mol. The normalized spacial score (nSPS) is 13.2. The molecule has 1 heterocycles. The molecular formula is C14H16N2O4S. The van der Waals surface area contributed by atoms with Gasteiger partial charge in [0.1, 0.15) is 0 Å². The maximum Gasteiger partial charge on any atom is 0.307 e. The highest BCUT2D eigenvalue weighted by atomic mass is 32.2. The Morgan fingerprint density at radius 2 is 2.10 bits per heavy atom. The lowest BCUT2D eigenvalue weighted by atomic mass is 10.1. The van der Waals surface area contributed by atoms with Crippen LogP contribution < -0.4 is 4.72 Å². The molecule has 2 aromatic rings. The minimum atomic E-state index is -3.78. The summed E-state index contributed by atoms with van der Waals surface area (Å²) in [6.07, 6.45) is 1.94. The van der Waals surface area contributed by atoms with E-state index in [1.54, 1.807) is 37.4 Å². The molecule has 7 heteroatoms. The van der Waals surface area contributed by atoms with E-state index in [0.29, 0.717) is 17.3 Å². The highest BCUT2D eigenvalue weighted by Crippen LogP contribution is 2.21. The number of carbonyl (C=O) groups is 1. The fourth-order valence-electron chi connectivity index (χ4n) is 2.00. The predicted molar refractivity (Wildman–Crippen MR) is 78.3 cm³/mol. The van der Waals surface area contributed by atoms with E-state index < -0.39 is 21.9 Å². The topological polar surface area (TPSA) is 96.4 Å². The standard InChI is InChI=1S/C14H16N2O4S/c1-2-10(14(17)18)9-16-21(19,20)13-7-3-6-12-11(13)5-4-8-15-12/h3-8,10,16H,2,9H2,1H3,(H,17,18). The molecule has 112 valence electrons. The molecule has 0 aliphatic heterocycles. The van der Waals surface area contributed by atoms with E-state index in [0.717, 1.165) is 0 Å². The van der Waals surface area contributed by atoms with Gasteiger partial charge in [0, 0.05) is 18.1 Å². The summed E-state index contributed by atoms with van der Waals surface area (Å²) in [4.78, 5) is 15.2. The first-order chi connectivity index (χ1) is 9.95. The number of nitrogens with zero attached hydrogens (tertiary/aromatic N) is 1. The number of benzene rings is 1. The highest BCUT2D eigenvalue weighted by molar-refractivity contribution is 7.89. The first-order valence-corrected chi connectivity index (χ1v) is 8.00. The van der Waals surface area contributed by atoms with Gasteiger partial charge < -0.3 is 5.11 Å². The molecule has 1 atom stereocenters. The van der Waals surface area contributed by atoms with Crippen LogP contribution >= 0.6 is 0 Å². The number of rotatable bonds is 6. The summed E-state index contributed by atoms with van der Waals surface area (Å²) >= 11 is 0. The van der Waals surface area contributed by atoms with Crippen LogP contribution in [0.15, 0.2) is 41.4 Å². The largest absolute Gasteiger partial charge is 0.481 e. The maximum absolute atomic E-state index is 12.4. The molecule has 0 spiro atoms. The van der Waals surface area contributed by atoms with Gasteiger partial charge in [0.15, 0.2) is 0 Å². The van der Waals surface area contributed by atoms with Crippen LogP contribution in [0.2, 0.25) is 0 Å². The molecule has 0 amide bonds. The van der Waals surface area contributed by atoms with Gasteiger partial charge in [0.25, 0.3) is 0 Å². The quantitative estimate of drug-likeness (QED) is 0.845. The van der Waals surface area contributed by atoms with Crippen LogP contribution in [0, 0.1) is 5.92 Å². The monoisotopic (exact) mass is 308 g/mol. The Morgan fingerprint density at radius 3 is 2.76 bits per heavy atom. The van der Waals surface area contributed by atoms with E-state index >= 15 is 0 Å². The van der Waals surface area contributed by atoms with Gasteiger partial charge in [0.2, 0.25) is 10.0 Å². The lowest BCUT2D eigenvalue weighted by Crippen LogP contribution is -2.32. The van der Waals surface area contributed by atoms with Crippen molar-refractivity contribution in [2.45, 2.75) is 18.2 Å². The molecule has 0 aliphatic carbocycles. The van der Waals surface area contributed by atoms with Crippen LogP contribution in [0.25, 0.3) is 10.9 Å². The van der Waals surface area contributed by atoms with Gasteiger partial charge in [-0.25, -0.2) is 13.1 Å². The molecule has 0 fully saturated rings. The van der Waals surface area contributed by atoms with E-state index in [-0.39, 0.29) is 11.4 Å². The molecule has 0 aliphatic rings. The molecule has 0 saturated heterocycles. The van der Waals surface area contributed by atoms with Crippen molar-refractivity contribution in [1.82, 2.24) is 9.71 Å². The van der Waals surface area contributed by atoms with Gasteiger partial charge in [-0.2, -0.15) is 0 Å². The summed E-state index contributed by atoms with van der Waals surface area (Å²) < 4.78 is 27.1. The van der Waals surface area contributed by atoms with Gasteiger partial charge in [-0.05, 0) is 30.7 Å². The van der Waals surface area contributed by atoms with E-state index in [9.17, 15) is 13.2 Å². The van der Waals surface area contributed by atoms with Crippen molar-refractivity contribution in [2.75, 3.05) is 6.54 Å². The van der Waals surface area contributed by atoms with Crippen molar-refractivity contribution < 1.29 is 18.3 Å². The van der Waals surface area contributed by atoms with E-state index in [4.69, 9.17) is 5.11 Å². The van der Waals surface area contributed by atoms with Gasteiger partial charge in [-0.15, -0.1) is 0 Å². The van der Waals surface area contributed by atoms with Crippen molar-refractivity contribution in [3.05, 3.63) is 36.5 Å². The summed E-state index contributed by atoms with van der Waals surface area (Å²) in [6, 6.07) is 8.14. The highest BCUT2D eigenvalue weighted by Gasteiger charge is 2.21. The minimum absolute atomic E-state index is 0.105. The smallest absolute Gasteiger partial charge is 0.307 e. The Labute approximate surface area is 122 Å². The molecule has 6 nitrogen and oxygen atoms in total. The fourth-order valence-corrected chi connectivity index (χ4v) is 3.30. The molecule has 0 radical (unpaired) electrons. The van der Waals surface area contributed by atoms with Gasteiger partial charge >= 0.3 is 5.97 Å². The zero-order chi connectivity index (χ0) is 15.5. The third-order valence-electron chi connectivity index (χ3n) is 3.26. The lowest BCUT2D eigenvalue weighted by molar-refractivity contribution is -0.141. The Morgan fingerprint density at radius 1 is 1.33 bits per heavy atom. The molecule has 1 aromatic carbocycles. The third-order valence-corrected chi connectivity index (χ3v) is 4.74. The number of sulfonamides is 1. The van der Waals surface area contributed by atoms with Gasteiger partial charge in [-0.3, -0.25) is 9.78 Å². The Kier molecular flexibility index (Phi) is 4.54. The van der Waals surface area contributed by atoms with Crippen LogP contribution in [0.3, 0.4) is 0 Å². The number of carboxylic acids is 1. The first-order valence-electron chi connectivity index (χ1n) is 6.52. The average molecular weight is 308 g/mol. The maximum atomic E-state index is 12.4. The molecule has 1 aromatic heterocycles. The average Bonchev–Trinajstić information content (AvgIpc) is 2.46. The number of aromatic nitrogens is 1. The number of hydrogen-bond donors (Lipinski definition) is 2. The zero-order valence-electron chi connectivity index (χ0n) is 11.5. The van der Waals surface area contributed by atoms with Crippen LogP contribution in [-0.2, 0) is 14.8 Å². The molecule has 0 bridgehead atoms. The number of pyridine rings is 1. The van der Waals surface area contributed by atoms with E-state index in [2.05, 4.69) is 9.71 Å². The van der Waals surface area contributed by atoms with Crippen LogP contribution in [0.5, 0.6) is 0 Å². The Hall–Kier alpha value is -1.99. The van der Waals surface area contributed by atoms with E-state index in [1.165, 1.54) is 6.07 Å². The molecule has 2 N–H and O–H groups in total. The number of hydrogen-bond acceptors (Lipinski definition) is 4. The number of fused-ring (bicyclic) bond motifs is 1. The zero-order valence-corrected chi connectivity index (χ0v) is 12.3. The predicted octanol–water partition coefficient (Wildman–Crippen LogP) is 1.62. The van der Waals surface area contributed by atoms with Crippen molar-refractivity contribution >= 4 is 26.9 Å². The van der Waals surface area contributed by atoms with Crippen LogP contribution in [-0.4, -0.2) is 31.0 Å².